The zero-order chi connectivity index (χ0) is 19.4. The Bertz CT molecular complexity index is 934. The maximum Gasteiger partial charge on any atom is 0.193 e. The number of ether oxygens (including phenoxy) is 1. The SMILES string of the molecule is CC(C)(Oc1ccc(C(=O)c2ccc(Cl)cc2)cc1)C(=O)Cc1ncn[nH]1. The number of halogens is 1. The molecule has 6 nitrogen and oxygen atoms in total. The van der Waals surface area contributed by atoms with Crippen molar-refractivity contribution in [2.45, 2.75) is 25.9 Å². The molecular formula is C20H18ClN3O3. The smallest absolute Gasteiger partial charge is 0.193 e. The summed E-state index contributed by atoms with van der Waals surface area (Å²) in [6, 6.07) is 13.4. The third kappa shape index (κ3) is 4.60. The summed E-state index contributed by atoms with van der Waals surface area (Å²) in [5.74, 6) is 0.735. The number of rotatable bonds is 7. The highest BCUT2D eigenvalue weighted by Gasteiger charge is 2.30. The van der Waals surface area contributed by atoms with Gasteiger partial charge in [0.05, 0.1) is 6.42 Å². The average molecular weight is 384 g/mol. The summed E-state index contributed by atoms with van der Waals surface area (Å²) >= 11 is 5.85. The average Bonchev–Trinajstić information content (AvgIpc) is 3.15. The first kappa shape index (κ1) is 18.8. The van der Waals surface area contributed by atoms with Gasteiger partial charge in [-0.2, -0.15) is 5.10 Å². The van der Waals surface area contributed by atoms with Gasteiger partial charge in [0.25, 0.3) is 0 Å². The van der Waals surface area contributed by atoms with Crippen molar-refractivity contribution < 1.29 is 14.3 Å². The van der Waals surface area contributed by atoms with E-state index in [0.29, 0.717) is 27.7 Å². The van der Waals surface area contributed by atoms with E-state index in [0.717, 1.165) is 0 Å². The molecule has 0 fully saturated rings. The monoisotopic (exact) mass is 383 g/mol. The van der Waals surface area contributed by atoms with Gasteiger partial charge in [-0.15, -0.1) is 0 Å². The van der Waals surface area contributed by atoms with E-state index in [1.165, 1.54) is 6.33 Å². The number of ketones is 2. The number of nitrogens with zero attached hydrogens (tertiary/aromatic N) is 2. The molecule has 1 heterocycles. The van der Waals surface area contributed by atoms with Crippen LogP contribution in [0.25, 0.3) is 0 Å². The van der Waals surface area contributed by atoms with E-state index in [1.807, 2.05) is 0 Å². The Morgan fingerprint density at radius 3 is 2.19 bits per heavy atom. The Kier molecular flexibility index (Phi) is 5.37. The Hall–Kier alpha value is -2.99. The molecule has 2 aromatic carbocycles. The van der Waals surface area contributed by atoms with Crippen LogP contribution in [-0.4, -0.2) is 32.3 Å². The lowest BCUT2D eigenvalue weighted by Crippen LogP contribution is -2.39. The van der Waals surface area contributed by atoms with E-state index < -0.39 is 5.60 Å². The molecule has 3 aromatic rings. The maximum absolute atomic E-state index is 12.5. The van der Waals surface area contributed by atoms with Gasteiger partial charge in [0.2, 0.25) is 0 Å². The lowest BCUT2D eigenvalue weighted by Gasteiger charge is -2.24. The Morgan fingerprint density at radius 1 is 1.04 bits per heavy atom. The molecule has 3 rings (SSSR count). The molecular weight excluding hydrogens is 366 g/mol. The van der Waals surface area contributed by atoms with E-state index in [-0.39, 0.29) is 18.0 Å². The number of H-pyrrole nitrogens is 1. The van der Waals surface area contributed by atoms with Gasteiger partial charge in [-0.3, -0.25) is 14.7 Å². The highest BCUT2D eigenvalue weighted by molar-refractivity contribution is 6.30. The fraction of sp³-hybridized carbons (Fsp3) is 0.200. The van der Waals surface area contributed by atoms with Crippen molar-refractivity contribution in [2.75, 3.05) is 0 Å². The predicted octanol–water partition coefficient (Wildman–Crippen LogP) is 3.66. The first-order valence-electron chi connectivity index (χ1n) is 8.32. The molecule has 7 heteroatoms. The number of Topliss-reactive ketones (excluding diaryl/α,β-unsaturated/α-hetero) is 1. The highest BCUT2D eigenvalue weighted by Crippen LogP contribution is 2.22. The third-order valence-electron chi connectivity index (χ3n) is 4.06. The van der Waals surface area contributed by atoms with E-state index in [4.69, 9.17) is 16.3 Å². The maximum atomic E-state index is 12.5. The second-order valence-electron chi connectivity index (χ2n) is 6.50. The van der Waals surface area contributed by atoms with E-state index >= 15 is 0 Å². The van der Waals surface area contributed by atoms with Crippen LogP contribution in [0, 0.1) is 0 Å². The van der Waals surface area contributed by atoms with Gasteiger partial charge in [0.1, 0.15) is 17.9 Å². The summed E-state index contributed by atoms with van der Waals surface area (Å²) in [7, 11) is 0. The van der Waals surface area contributed by atoms with Crippen molar-refractivity contribution in [1.29, 1.82) is 0 Å². The lowest BCUT2D eigenvalue weighted by atomic mass is 10.00. The summed E-state index contributed by atoms with van der Waals surface area (Å²) in [6.45, 7) is 3.39. The number of hydrogen-bond acceptors (Lipinski definition) is 5. The first-order chi connectivity index (χ1) is 12.8. The van der Waals surface area contributed by atoms with Crippen LogP contribution in [0.5, 0.6) is 5.75 Å². The molecule has 27 heavy (non-hydrogen) atoms. The van der Waals surface area contributed by atoms with Crippen LogP contribution in [0.4, 0.5) is 0 Å². The minimum Gasteiger partial charge on any atom is -0.480 e. The fourth-order valence-electron chi connectivity index (χ4n) is 2.47. The molecule has 1 N–H and O–H groups in total. The largest absolute Gasteiger partial charge is 0.480 e. The normalized spacial score (nSPS) is 11.2. The minimum atomic E-state index is -1.05. The van der Waals surface area contributed by atoms with Crippen molar-refractivity contribution in [1.82, 2.24) is 15.2 Å². The molecule has 0 radical (unpaired) electrons. The number of carbonyl (C=O) groups is 2. The van der Waals surface area contributed by atoms with E-state index in [2.05, 4.69) is 15.2 Å². The van der Waals surface area contributed by atoms with Crippen molar-refractivity contribution in [3.05, 3.63) is 76.8 Å². The van der Waals surface area contributed by atoms with E-state index in [1.54, 1.807) is 62.4 Å². The summed E-state index contributed by atoms with van der Waals surface area (Å²) < 4.78 is 5.83. The van der Waals surface area contributed by atoms with Crippen molar-refractivity contribution in [2.24, 2.45) is 0 Å². The van der Waals surface area contributed by atoms with Crippen LogP contribution in [0.15, 0.2) is 54.9 Å². The number of nitrogens with one attached hydrogen (secondary N) is 1. The zero-order valence-electron chi connectivity index (χ0n) is 14.9. The Morgan fingerprint density at radius 2 is 1.63 bits per heavy atom. The summed E-state index contributed by atoms with van der Waals surface area (Å²) in [5, 5.41) is 6.96. The Labute approximate surface area is 161 Å². The summed E-state index contributed by atoms with van der Waals surface area (Å²) in [6.07, 6.45) is 1.45. The second-order valence-corrected chi connectivity index (χ2v) is 6.94. The summed E-state index contributed by atoms with van der Waals surface area (Å²) in [4.78, 5) is 28.9. The molecule has 0 amide bonds. The third-order valence-corrected chi connectivity index (χ3v) is 4.31. The Balaban J connectivity index is 1.68. The highest BCUT2D eigenvalue weighted by atomic mass is 35.5. The van der Waals surface area contributed by atoms with Crippen LogP contribution in [0.3, 0.4) is 0 Å². The van der Waals surface area contributed by atoms with Gasteiger partial charge in [0, 0.05) is 16.1 Å². The molecule has 0 saturated carbocycles. The van der Waals surface area contributed by atoms with Crippen LogP contribution in [-0.2, 0) is 11.2 Å². The number of carbonyl (C=O) groups excluding carboxylic acids is 2. The van der Waals surface area contributed by atoms with Crippen LogP contribution < -0.4 is 4.74 Å². The fourth-order valence-corrected chi connectivity index (χ4v) is 2.60. The number of hydrogen-bond donors (Lipinski definition) is 1. The number of aromatic amines is 1. The van der Waals surface area contributed by atoms with E-state index in [9.17, 15) is 9.59 Å². The number of aromatic nitrogens is 3. The van der Waals surface area contributed by atoms with Gasteiger partial charge in [-0.25, -0.2) is 4.98 Å². The van der Waals surface area contributed by atoms with Gasteiger partial charge < -0.3 is 4.74 Å². The van der Waals surface area contributed by atoms with Gasteiger partial charge in [-0.05, 0) is 62.4 Å². The lowest BCUT2D eigenvalue weighted by molar-refractivity contribution is -0.131. The second kappa shape index (κ2) is 7.72. The molecule has 138 valence electrons. The molecule has 0 aliphatic rings. The molecule has 0 atom stereocenters. The quantitative estimate of drug-likeness (QED) is 0.629. The van der Waals surface area contributed by atoms with Gasteiger partial charge in [-0.1, -0.05) is 11.6 Å². The molecule has 0 aliphatic heterocycles. The van der Waals surface area contributed by atoms with Crippen LogP contribution in [0.2, 0.25) is 5.02 Å². The van der Waals surface area contributed by atoms with Crippen molar-refractivity contribution in [3.8, 4) is 5.75 Å². The first-order valence-corrected chi connectivity index (χ1v) is 8.70. The summed E-state index contributed by atoms with van der Waals surface area (Å²) in [5.41, 5.74) is 0.0280. The van der Waals surface area contributed by atoms with Crippen LogP contribution >= 0.6 is 11.6 Å². The number of benzene rings is 2. The molecule has 0 aliphatic carbocycles. The molecule has 0 saturated heterocycles. The standard InChI is InChI=1S/C20H18ClN3O3/c1-20(2,17(25)11-18-22-12-23-24-18)27-16-9-5-14(6-10-16)19(26)13-3-7-15(21)8-4-13/h3-10,12H,11H2,1-2H3,(H,22,23,24). The van der Waals surface area contributed by atoms with Gasteiger partial charge in [0.15, 0.2) is 17.2 Å². The van der Waals surface area contributed by atoms with Crippen molar-refractivity contribution >= 4 is 23.2 Å². The predicted molar refractivity (Wildman–Crippen MR) is 101 cm³/mol. The van der Waals surface area contributed by atoms with Gasteiger partial charge >= 0.3 is 0 Å². The molecule has 0 bridgehead atoms. The molecule has 0 unspecified atom stereocenters. The topological polar surface area (TPSA) is 84.9 Å². The zero-order valence-corrected chi connectivity index (χ0v) is 15.7. The minimum absolute atomic E-state index is 0.0974. The molecule has 0 spiro atoms. The molecule has 1 aromatic heterocycles. The van der Waals surface area contributed by atoms with Crippen molar-refractivity contribution in [3.63, 3.8) is 0 Å². The van der Waals surface area contributed by atoms with Crippen LogP contribution in [0.1, 0.15) is 35.6 Å².